The fourth-order valence-electron chi connectivity index (χ4n) is 2.05. The van der Waals surface area contributed by atoms with Crippen LogP contribution in [0.2, 0.25) is 0 Å². The first-order valence-electron chi connectivity index (χ1n) is 6.58. The molecule has 1 saturated heterocycles. The van der Waals surface area contributed by atoms with E-state index in [0.29, 0.717) is 26.2 Å². The average Bonchev–Trinajstić information content (AvgIpc) is 2.85. The lowest BCUT2D eigenvalue weighted by atomic mass is 9.88. The molecule has 0 bridgehead atoms. The van der Waals surface area contributed by atoms with E-state index in [0.717, 1.165) is 5.69 Å². The van der Waals surface area contributed by atoms with Crippen LogP contribution in [0, 0.1) is 5.41 Å². The van der Waals surface area contributed by atoms with Gasteiger partial charge in [-0.15, -0.1) is 0 Å². The number of carbonyl (C=O) groups is 2. The normalized spacial score (nSPS) is 17.9. The molecule has 0 aromatic carbocycles. The summed E-state index contributed by atoms with van der Waals surface area (Å²) in [5.74, 6) is -0.425. The summed E-state index contributed by atoms with van der Waals surface area (Å²) in [5.41, 5.74) is 0.807. The van der Waals surface area contributed by atoms with Gasteiger partial charge in [-0.3, -0.25) is 9.59 Å². The molecule has 0 radical (unpaired) electrons. The summed E-state index contributed by atoms with van der Waals surface area (Å²) in [6, 6.07) is -0.599. The summed E-state index contributed by atoms with van der Waals surface area (Å²) in [6.07, 6.45) is 3.58. The van der Waals surface area contributed by atoms with Crippen LogP contribution in [0.5, 0.6) is 0 Å². The maximum absolute atomic E-state index is 12.2. The number of carbonyl (C=O) groups excluding carboxylic acids is 2. The molecule has 1 aromatic rings. The fraction of sp³-hybridized carbons (Fsp3) is 0.615. The first-order chi connectivity index (χ1) is 9.48. The number of H-pyrrole nitrogens is 1. The topological polar surface area (TPSA) is 96.1 Å². The van der Waals surface area contributed by atoms with Crippen molar-refractivity contribution in [2.24, 2.45) is 5.41 Å². The Bertz CT molecular complexity index is 468. The molecular formula is C13H20N4O3. The highest BCUT2D eigenvalue weighted by Gasteiger charge is 2.34. The molecule has 1 aliphatic heterocycles. The molecule has 1 aliphatic rings. The van der Waals surface area contributed by atoms with E-state index in [-0.39, 0.29) is 17.2 Å². The molecule has 2 rings (SSSR count). The van der Waals surface area contributed by atoms with Crippen molar-refractivity contribution < 1.29 is 14.3 Å². The monoisotopic (exact) mass is 280 g/mol. The maximum atomic E-state index is 12.2. The van der Waals surface area contributed by atoms with Gasteiger partial charge in [0.2, 0.25) is 11.8 Å². The molecule has 20 heavy (non-hydrogen) atoms. The first kappa shape index (κ1) is 14.5. The van der Waals surface area contributed by atoms with Crippen LogP contribution in [-0.2, 0) is 20.7 Å². The highest BCUT2D eigenvalue weighted by molar-refractivity contribution is 5.87. The van der Waals surface area contributed by atoms with Crippen molar-refractivity contribution in [2.45, 2.75) is 26.3 Å². The molecule has 0 saturated carbocycles. The molecule has 0 aliphatic carbocycles. The number of hydrogen-bond acceptors (Lipinski definition) is 4. The molecule has 2 amide bonds. The minimum absolute atomic E-state index is 0.00439. The lowest BCUT2D eigenvalue weighted by Crippen LogP contribution is -2.53. The van der Waals surface area contributed by atoms with E-state index in [9.17, 15) is 9.59 Å². The van der Waals surface area contributed by atoms with Crippen LogP contribution in [0.1, 0.15) is 19.5 Å². The minimum atomic E-state index is -0.599. The molecule has 0 unspecified atom stereocenters. The van der Waals surface area contributed by atoms with Crippen molar-refractivity contribution in [1.29, 1.82) is 0 Å². The maximum Gasteiger partial charge on any atom is 0.243 e. The van der Waals surface area contributed by atoms with Gasteiger partial charge in [0, 0.05) is 37.2 Å². The minimum Gasteiger partial charge on any atom is -0.380 e. The van der Waals surface area contributed by atoms with Crippen LogP contribution in [0.3, 0.4) is 0 Å². The second kappa shape index (κ2) is 6.04. The Morgan fingerprint density at radius 3 is 2.80 bits per heavy atom. The number of rotatable bonds is 6. The Morgan fingerprint density at radius 1 is 1.55 bits per heavy atom. The number of hydrogen-bond donors (Lipinski definition) is 3. The van der Waals surface area contributed by atoms with Crippen LogP contribution in [-0.4, -0.2) is 47.6 Å². The van der Waals surface area contributed by atoms with E-state index >= 15 is 0 Å². The van der Waals surface area contributed by atoms with E-state index in [1.165, 1.54) is 6.92 Å². The number of ether oxygens (including phenoxy) is 1. The number of imidazole rings is 1. The van der Waals surface area contributed by atoms with Crippen molar-refractivity contribution in [3.05, 3.63) is 18.2 Å². The molecule has 0 spiro atoms. The molecule has 7 nitrogen and oxygen atoms in total. The van der Waals surface area contributed by atoms with Gasteiger partial charge in [-0.1, -0.05) is 6.92 Å². The summed E-state index contributed by atoms with van der Waals surface area (Å²) in [5, 5.41) is 5.54. The van der Waals surface area contributed by atoms with Crippen molar-refractivity contribution >= 4 is 11.8 Å². The highest BCUT2D eigenvalue weighted by Crippen LogP contribution is 2.25. The number of nitrogens with zero attached hydrogens (tertiary/aromatic N) is 1. The van der Waals surface area contributed by atoms with Gasteiger partial charge < -0.3 is 20.4 Å². The van der Waals surface area contributed by atoms with E-state index in [2.05, 4.69) is 27.5 Å². The third-order valence-corrected chi connectivity index (χ3v) is 3.26. The van der Waals surface area contributed by atoms with Crippen molar-refractivity contribution in [1.82, 2.24) is 20.6 Å². The standard InChI is InChI=1S/C13H20N4O3/c1-9(18)17-11(3-10-4-14-8-16-10)12(19)15-5-13(2)6-20-7-13/h4,8,11H,3,5-7H2,1-2H3,(H,14,16)(H,15,19)(H,17,18)/t11-/m0/s1. The Labute approximate surface area is 117 Å². The average molecular weight is 280 g/mol. The van der Waals surface area contributed by atoms with E-state index < -0.39 is 6.04 Å². The van der Waals surface area contributed by atoms with Gasteiger partial charge in [-0.2, -0.15) is 0 Å². The van der Waals surface area contributed by atoms with Crippen LogP contribution in [0.15, 0.2) is 12.5 Å². The molecule has 1 fully saturated rings. The number of aromatic amines is 1. The molecule has 1 aromatic heterocycles. The van der Waals surface area contributed by atoms with Crippen LogP contribution in [0.25, 0.3) is 0 Å². The van der Waals surface area contributed by atoms with Gasteiger partial charge in [0.05, 0.1) is 19.5 Å². The zero-order valence-corrected chi connectivity index (χ0v) is 11.7. The molecule has 7 heteroatoms. The smallest absolute Gasteiger partial charge is 0.243 e. The second-order valence-electron chi connectivity index (χ2n) is 5.56. The van der Waals surface area contributed by atoms with Gasteiger partial charge >= 0.3 is 0 Å². The first-order valence-corrected chi connectivity index (χ1v) is 6.58. The predicted molar refractivity (Wildman–Crippen MR) is 71.8 cm³/mol. The molecular weight excluding hydrogens is 260 g/mol. The molecule has 3 N–H and O–H groups in total. The lowest BCUT2D eigenvalue weighted by Gasteiger charge is -2.38. The SMILES string of the molecule is CC(=O)N[C@@H](Cc1cnc[nH]1)C(=O)NCC1(C)COC1. The van der Waals surface area contributed by atoms with Gasteiger partial charge in [-0.05, 0) is 0 Å². The largest absolute Gasteiger partial charge is 0.380 e. The van der Waals surface area contributed by atoms with Gasteiger partial charge in [-0.25, -0.2) is 4.98 Å². The summed E-state index contributed by atoms with van der Waals surface area (Å²) < 4.78 is 5.15. The lowest BCUT2D eigenvalue weighted by molar-refractivity contribution is -0.131. The second-order valence-corrected chi connectivity index (χ2v) is 5.56. The zero-order chi connectivity index (χ0) is 14.6. The number of aromatic nitrogens is 2. The summed E-state index contributed by atoms with van der Waals surface area (Å²) in [6.45, 7) is 5.30. The fourth-order valence-corrected chi connectivity index (χ4v) is 2.05. The summed E-state index contributed by atoms with van der Waals surface area (Å²) in [7, 11) is 0. The molecule has 2 heterocycles. The highest BCUT2D eigenvalue weighted by atomic mass is 16.5. The van der Waals surface area contributed by atoms with Gasteiger partial charge in [0.1, 0.15) is 6.04 Å². The van der Waals surface area contributed by atoms with E-state index in [1.807, 2.05) is 0 Å². The molecule has 110 valence electrons. The van der Waals surface area contributed by atoms with Crippen LogP contribution >= 0.6 is 0 Å². The van der Waals surface area contributed by atoms with Crippen molar-refractivity contribution in [2.75, 3.05) is 19.8 Å². The van der Waals surface area contributed by atoms with Crippen molar-refractivity contribution in [3.8, 4) is 0 Å². The number of nitrogens with one attached hydrogen (secondary N) is 3. The summed E-state index contributed by atoms with van der Waals surface area (Å²) >= 11 is 0. The number of amides is 2. The zero-order valence-electron chi connectivity index (χ0n) is 11.7. The van der Waals surface area contributed by atoms with Crippen LogP contribution in [0.4, 0.5) is 0 Å². The Balaban J connectivity index is 1.90. The van der Waals surface area contributed by atoms with Crippen molar-refractivity contribution in [3.63, 3.8) is 0 Å². The van der Waals surface area contributed by atoms with E-state index in [4.69, 9.17) is 4.74 Å². The Morgan fingerprint density at radius 2 is 2.30 bits per heavy atom. The summed E-state index contributed by atoms with van der Waals surface area (Å²) in [4.78, 5) is 30.2. The Hall–Kier alpha value is -1.89. The van der Waals surface area contributed by atoms with Gasteiger partial charge in [0.25, 0.3) is 0 Å². The van der Waals surface area contributed by atoms with Crippen LogP contribution < -0.4 is 10.6 Å². The third-order valence-electron chi connectivity index (χ3n) is 3.26. The Kier molecular flexibility index (Phi) is 4.39. The predicted octanol–water partition coefficient (Wildman–Crippen LogP) is -0.390. The van der Waals surface area contributed by atoms with Gasteiger partial charge in [0.15, 0.2) is 0 Å². The molecule has 1 atom stereocenters. The van der Waals surface area contributed by atoms with E-state index in [1.54, 1.807) is 12.5 Å². The quantitative estimate of drug-likeness (QED) is 0.661. The third kappa shape index (κ3) is 3.80.